The van der Waals surface area contributed by atoms with Crippen molar-refractivity contribution >= 4 is 13.1 Å². The second kappa shape index (κ2) is 8.98. The number of nitrogens with zero attached hydrogens (tertiary/aromatic N) is 2. The Bertz CT molecular complexity index is 28.6. The summed E-state index contributed by atoms with van der Waals surface area (Å²) in [6.07, 6.45) is 0.528. The average molecular weight is 238 g/mol. The van der Waals surface area contributed by atoms with Gasteiger partial charge in [0.1, 0.15) is 0 Å². The molecule has 0 aliphatic rings. The Kier molecular flexibility index (Phi) is 16.0. The molecular formula is C2H2N2W. The number of hydrogen-bond donors (Lipinski definition) is 0. The Morgan fingerprint density at radius 2 is 2.00 bits per heavy atom. The molecule has 0 spiro atoms. The summed E-state index contributed by atoms with van der Waals surface area (Å²) < 4.78 is 0. The van der Waals surface area contributed by atoms with Crippen LogP contribution in [-0.4, -0.2) is 13.1 Å². The maximum atomic E-state index is 7.46. The SMILES string of the molecule is [CH-]=NC=[N-].[W+2]. The van der Waals surface area contributed by atoms with Crippen LogP contribution in [0.5, 0.6) is 0 Å². The first-order valence-corrected chi connectivity index (χ1v) is 0.775. The van der Waals surface area contributed by atoms with Gasteiger partial charge in [0, 0.05) is 0 Å². The van der Waals surface area contributed by atoms with Crippen molar-refractivity contribution in [3.63, 3.8) is 0 Å². The van der Waals surface area contributed by atoms with Gasteiger partial charge in [0.15, 0.2) is 0 Å². The van der Waals surface area contributed by atoms with E-state index in [4.69, 9.17) is 5.41 Å². The molecule has 0 atom stereocenters. The van der Waals surface area contributed by atoms with Gasteiger partial charge in [-0.3, -0.25) is 6.34 Å². The fraction of sp³-hybridized carbons (Fsp3) is 0. The predicted molar refractivity (Wildman–Crippen MR) is 17.9 cm³/mol. The molecule has 26 valence electrons. The minimum atomic E-state index is 0. The third-order valence-electron chi connectivity index (χ3n) is 0.0667. The Balaban J connectivity index is 0. The third kappa shape index (κ3) is 15.7. The smallest absolute Gasteiger partial charge is 0.650 e. The molecule has 0 aromatic rings. The van der Waals surface area contributed by atoms with E-state index in [0.717, 1.165) is 0 Å². The molecule has 0 saturated carbocycles. The number of rotatable bonds is 1. The van der Waals surface area contributed by atoms with Crippen molar-refractivity contribution in [2.45, 2.75) is 0 Å². The zero-order valence-electron chi connectivity index (χ0n) is 2.46. The van der Waals surface area contributed by atoms with Gasteiger partial charge in [0.05, 0.1) is 0 Å². The molecule has 0 unspecified atom stereocenters. The second-order valence-corrected chi connectivity index (χ2v) is 0.265. The van der Waals surface area contributed by atoms with Gasteiger partial charge in [-0.05, 0) is 0 Å². The molecule has 0 rings (SSSR count). The molecule has 0 radical (unpaired) electrons. The normalized spacial score (nSPS) is 4.00. The van der Waals surface area contributed by atoms with Crippen LogP contribution < -0.4 is 0 Å². The maximum absolute atomic E-state index is 7.46. The largest absolute Gasteiger partial charge is 2.00 e. The van der Waals surface area contributed by atoms with Crippen molar-refractivity contribution in [1.29, 1.82) is 0 Å². The van der Waals surface area contributed by atoms with Crippen LogP contribution in [0.15, 0.2) is 4.99 Å². The van der Waals surface area contributed by atoms with Crippen LogP contribution in [0.4, 0.5) is 0 Å². The van der Waals surface area contributed by atoms with Crippen LogP contribution in [0.2, 0.25) is 0 Å². The second-order valence-electron chi connectivity index (χ2n) is 0.265. The number of hydrogen-bond acceptors (Lipinski definition) is 0. The molecule has 0 saturated heterocycles. The molecule has 0 aliphatic carbocycles. The first-order valence-electron chi connectivity index (χ1n) is 0.775. The fourth-order valence-electron chi connectivity index (χ4n) is 0. The van der Waals surface area contributed by atoms with Crippen molar-refractivity contribution in [2.75, 3.05) is 0 Å². The van der Waals surface area contributed by atoms with E-state index in [1.165, 1.54) is 0 Å². The summed E-state index contributed by atoms with van der Waals surface area (Å²) in [6, 6.07) is 0. The van der Waals surface area contributed by atoms with E-state index >= 15 is 0 Å². The summed E-state index contributed by atoms with van der Waals surface area (Å²) in [7, 11) is 0. The van der Waals surface area contributed by atoms with Gasteiger partial charge in [0.25, 0.3) is 0 Å². The molecule has 0 bridgehead atoms. The molecule has 2 nitrogen and oxygen atoms in total. The summed E-state index contributed by atoms with van der Waals surface area (Å²) >= 11 is 0. The molecule has 0 aromatic heterocycles. The van der Waals surface area contributed by atoms with E-state index in [0.29, 0.717) is 6.34 Å². The molecule has 0 fully saturated rings. The van der Waals surface area contributed by atoms with E-state index in [9.17, 15) is 0 Å². The number of aliphatic imine (C=N–C) groups is 1. The molecule has 0 heterocycles. The standard InChI is InChI=1S/C2H2N2.W/c1-4-2-3;/h1-2H;/q-2;+2. The topological polar surface area (TPSA) is 34.7 Å². The fourth-order valence-corrected chi connectivity index (χ4v) is 0. The van der Waals surface area contributed by atoms with E-state index in [1.807, 2.05) is 0 Å². The first-order chi connectivity index (χ1) is 1.91. The van der Waals surface area contributed by atoms with Crippen LogP contribution in [0.25, 0.3) is 5.41 Å². The van der Waals surface area contributed by atoms with E-state index in [-0.39, 0.29) is 21.1 Å². The maximum Gasteiger partial charge on any atom is 2.00 e. The molecule has 0 N–H and O–H groups in total. The molecule has 3 heteroatoms. The first kappa shape index (κ1) is 8.90. The Morgan fingerprint density at radius 3 is 2.00 bits per heavy atom. The summed E-state index contributed by atoms with van der Waals surface area (Å²) in [5.41, 5.74) is 0. The van der Waals surface area contributed by atoms with Crippen LogP contribution in [0, 0.1) is 0 Å². The van der Waals surface area contributed by atoms with Gasteiger partial charge < -0.3 is 17.1 Å². The average Bonchev–Trinajstić information content (AvgIpc) is 1.37. The van der Waals surface area contributed by atoms with Gasteiger partial charge >= 0.3 is 21.1 Å². The minimum Gasteiger partial charge on any atom is -0.650 e. The quantitative estimate of drug-likeness (QED) is 0.354. The van der Waals surface area contributed by atoms with Gasteiger partial charge in [0.2, 0.25) is 0 Å². The monoisotopic (exact) mass is 238 g/mol. The van der Waals surface area contributed by atoms with Crippen molar-refractivity contribution in [3.8, 4) is 0 Å². The zero-order valence-corrected chi connectivity index (χ0v) is 5.39. The Labute approximate surface area is 45.1 Å². The Morgan fingerprint density at radius 1 is 1.80 bits per heavy atom. The summed E-state index contributed by atoms with van der Waals surface area (Å²) in [4.78, 5) is 2.67. The van der Waals surface area contributed by atoms with Gasteiger partial charge in [-0.25, -0.2) is 0 Å². The van der Waals surface area contributed by atoms with Gasteiger partial charge in [-0.15, -0.1) is 0 Å². The Hall–Kier alpha value is 0.0283. The molecule has 0 aliphatic heterocycles. The van der Waals surface area contributed by atoms with E-state index < -0.39 is 0 Å². The predicted octanol–water partition coefficient (Wildman–Crippen LogP) is 0.159. The van der Waals surface area contributed by atoms with Crippen LogP contribution in [0.1, 0.15) is 0 Å². The van der Waals surface area contributed by atoms with Gasteiger partial charge in [-0.2, -0.15) is 0 Å². The van der Waals surface area contributed by atoms with Crippen LogP contribution in [-0.2, 0) is 21.1 Å². The van der Waals surface area contributed by atoms with Crippen molar-refractivity contribution in [1.82, 2.24) is 0 Å². The van der Waals surface area contributed by atoms with Crippen molar-refractivity contribution < 1.29 is 21.1 Å². The molecular weight excluding hydrogens is 236 g/mol. The van der Waals surface area contributed by atoms with Crippen molar-refractivity contribution in [2.24, 2.45) is 4.99 Å². The molecule has 5 heavy (non-hydrogen) atoms. The van der Waals surface area contributed by atoms with Crippen LogP contribution in [0.3, 0.4) is 0 Å². The summed E-state index contributed by atoms with van der Waals surface area (Å²) in [5.74, 6) is 0. The van der Waals surface area contributed by atoms with Gasteiger partial charge in [-0.1, -0.05) is 0 Å². The van der Waals surface area contributed by atoms with Crippen LogP contribution >= 0.6 is 0 Å². The molecule has 0 amide bonds. The third-order valence-corrected chi connectivity index (χ3v) is 0.0667. The molecule has 0 aromatic carbocycles. The van der Waals surface area contributed by atoms with Crippen molar-refractivity contribution in [3.05, 3.63) is 5.41 Å². The summed E-state index contributed by atoms with van der Waals surface area (Å²) in [5, 5.41) is 7.46. The van der Waals surface area contributed by atoms with E-state index in [2.05, 4.69) is 11.7 Å². The van der Waals surface area contributed by atoms with E-state index in [1.54, 1.807) is 0 Å². The minimum absolute atomic E-state index is 0. The zero-order chi connectivity index (χ0) is 3.41. The summed E-state index contributed by atoms with van der Waals surface area (Å²) in [6.45, 7) is 4.35.